The average Bonchev–Trinajstić information content (AvgIpc) is 1.14. The fourth-order valence-corrected chi connectivity index (χ4v) is 33.7. The van der Waals surface area contributed by atoms with Crippen molar-refractivity contribution in [2.45, 2.75) is 0 Å². The third-order valence-corrected chi connectivity index (χ3v) is 17.2. The Hall–Kier alpha value is 3.05. The Balaban J connectivity index is 4.07. The highest BCUT2D eigenvalue weighted by Crippen LogP contribution is 2.86. The second kappa shape index (κ2) is 4.33. The quantitative estimate of drug-likeness (QED) is 0.450. The second-order valence-electron chi connectivity index (χ2n) is 1.06. The van der Waals surface area contributed by atoms with Crippen molar-refractivity contribution in [3.63, 3.8) is 0 Å². The van der Waals surface area contributed by atoms with Gasteiger partial charge in [-0.05, 0) is 11.0 Å². The summed E-state index contributed by atoms with van der Waals surface area (Å²) in [5.74, 6) is 0. The molecule has 9 heavy (non-hydrogen) atoms. The zero-order valence-corrected chi connectivity index (χ0v) is 11.7. The lowest BCUT2D eigenvalue weighted by molar-refractivity contribution is 5.10. The molecule has 0 aliphatic carbocycles. The summed E-state index contributed by atoms with van der Waals surface area (Å²) >= 11 is 27.4. The molecule has 0 spiro atoms. The summed E-state index contributed by atoms with van der Waals surface area (Å²) in [6.45, 7) is 0. The molecule has 0 aromatic rings. The molecule has 0 heterocycles. The molecule has 0 fully saturated rings. The van der Waals surface area contributed by atoms with Gasteiger partial charge in [0.2, 0.25) is 0 Å². The molecule has 0 amide bonds. The van der Waals surface area contributed by atoms with Crippen molar-refractivity contribution in [3.05, 3.63) is 0 Å². The van der Waals surface area contributed by atoms with Gasteiger partial charge in [-0.1, -0.05) is 23.6 Å². The molecule has 0 saturated carbocycles. The normalized spacial score (nSPS) is 13.8. The van der Waals surface area contributed by atoms with Crippen LogP contribution in [-0.4, -0.2) is 0 Å². The summed E-state index contributed by atoms with van der Waals surface area (Å²) in [6.07, 6.45) is 0. The second-order valence-corrected chi connectivity index (χ2v) is 28.7. The van der Waals surface area contributed by atoms with Crippen LogP contribution in [0.2, 0.25) is 0 Å². The molecular weight excluding hydrogens is 286 g/mol. The fourth-order valence-electron chi connectivity index (χ4n) is 0.139. The number of rotatable bonds is 2. The van der Waals surface area contributed by atoms with Crippen molar-refractivity contribution in [2.24, 2.45) is 0 Å². The van der Waals surface area contributed by atoms with Crippen LogP contribution in [0, 0.1) is 0 Å². The van der Waals surface area contributed by atoms with Gasteiger partial charge in [0.15, 0.2) is 0 Å². The molecule has 0 N–H and O–H groups in total. The third kappa shape index (κ3) is 11.0. The average molecular weight is 290 g/mol. The van der Waals surface area contributed by atoms with Crippen LogP contribution in [0.5, 0.6) is 0 Å². The van der Waals surface area contributed by atoms with Crippen LogP contribution in [0.25, 0.3) is 0 Å². The first-order valence-electron chi connectivity index (χ1n) is 1.53. The first-order chi connectivity index (χ1) is 3.71. The lowest BCUT2D eigenvalue weighted by Gasteiger charge is -2.11. The van der Waals surface area contributed by atoms with Gasteiger partial charge in [0.1, 0.15) is 7.29 Å². The molecular formula is H4P2S7. The fraction of sp³-hybridized carbons (Fsp3) is 0. The van der Waals surface area contributed by atoms with E-state index in [0.29, 0.717) is 0 Å². The van der Waals surface area contributed by atoms with Crippen LogP contribution in [0.3, 0.4) is 0 Å². The van der Waals surface area contributed by atoms with Gasteiger partial charge in [-0.15, -0.1) is 49.0 Å². The monoisotopic (exact) mass is 290 g/mol. The zero-order chi connectivity index (χ0) is 7.71. The number of hydrogen-bond donors (Lipinski definition) is 4. The molecule has 0 aromatic heterocycles. The van der Waals surface area contributed by atoms with Crippen molar-refractivity contribution >= 4 is 90.9 Å². The minimum absolute atomic E-state index is 1.32. The van der Waals surface area contributed by atoms with Crippen molar-refractivity contribution in [1.29, 1.82) is 0 Å². The maximum Gasteiger partial charge on any atom is 0.109 e. The van der Waals surface area contributed by atoms with E-state index in [2.05, 4.69) is 49.0 Å². The van der Waals surface area contributed by atoms with Crippen LogP contribution in [0.15, 0.2) is 0 Å². The Morgan fingerprint density at radius 2 is 1.11 bits per heavy atom. The highest BCUT2D eigenvalue weighted by atomic mass is 33.7. The van der Waals surface area contributed by atoms with Crippen molar-refractivity contribution in [2.75, 3.05) is 0 Å². The van der Waals surface area contributed by atoms with E-state index < -0.39 is 7.29 Å². The predicted octanol–water partition coefficient (Wildman–Crippen LogP) is 3.89. The largest absolute Gasteiger partial charge is 0.121 e. The van der Waals surface area contributed by atoms with Gasteiger partial charge in [-0.25, -0.2) is 0 Å². The number of hydrogen-bond acceptors (Lipinski definition) is 3. The van der Waals surface area contributed by atoms with E-state index in [9.17, 15) is 0 Å². The van der Waals surface area contributed by atoms with Crippen molar-refractivity contribution in [1.82, 2.24) is 0 Å². The summed E-state index contributed by atoms with van der Waals surface area (Å²) in [5, 5.41) is 0. The maximum atomic E-state index is 4.90. The molecule has 56 valence electrons. The van der Waals surface area contributed by atoms with Gasteiger partial charge in [-0.2, -0.15) is 0 Å². The summed E-state index contributed by atoms with van der Waals surface area (Å²) in [4.78, 5) is 0. The highest BCUT2D eigenvalue weighted by molar-refractivity contribution is 9.39. The Kier molecular flexibility index (Phi) is 5.80. The van der Waals surface area contributed by atoms with Gasteiger partial charge >= 0.3 is 0 Å². The van der Waals surface area contributed by atoms with E-state index in [-0.39, 0.29) is 0 Å². The Bertz CT molecular complexity index is 147. The molecule has 0 saturated heterocycles. The molecule has 0 bridgehead atoms. The first-order valence-corrected chi connectivity index (χ1v) is 13.8. The Labute approximate surface area is 89.8 Å². The van der Waals surface area contributed by atoms with E-state index in [1.54, 1.807) is 0 Å². The lowest BCUT2D eigenvalue weighted by atomic mass is 29.3. The van der Waals surface area contributed by atoms with E-state index >= 15 is 0 Å². The molecule has 0 atom stereocenters. The topological polar surface area (TPSA) is 0 Å². The molecule has 0 radical (unpaired) electrons. The molecule has 0 unspecified atom stereocenters. The smallest absolute Gasteiger partial charge is 0.109 e. The summed E-state index contributed by atoms with van der Waals surface area (Å²) in [6, 6.07) is 0. The van der Waals surface area contributed by atoms with Crippen LogP contribution < -0.4 is 0 Å². The first kappa shape index (κ1) is 12.0. The van der Waals surface area contributed by atoms with E-state index in [1.165, 1.54) is 11.0 Å². The standard InChI is InChI=1S/H4P2S7/c3-1(4,5)9-2(6,7)8/h(H2,3,4,5)(H2,6,7,8). The van der Waals surface area contributed by atoms with Gasteiger partial charge in [0.25, 0.3) is 0 Å². The van der Waals surface area contributed by atoms with Crippen LogP contribution >= 0.6 is 67.3 Å². The molecule has 0 rings (SSSR count). The van der Waals surface area contributed by atoms with E-state index in [0.717, 1.165) is 0 Å². The molecule has 9 heteroatoms. The lowest BCUT2D eigenvalue weighted by Crippen LogP contribution is -1.42. The summed E-state index contributed by atoms with van der Waals surface area (Å²) in [7, 11) is 0. The molecule has 0 nitrogen and oxygen atoms in total. The molecule has 0 aromatic carbocycles. The van der Waals surface area contributed by atoms with Gasteiger partial charge in [0.05, 0.1) is 0 Å². The predicted molar refractivity (Wildman–Crippen MR) is 72.1 cm³/mol. The number of thiol groups is 4. The van der Waals surface area contributed by atoms with Crippen LogP contribution in [0.1, 0.15) is 0 Å². The van der Waals surface area contributed by atoms with Crippen LogP contribution in [0.4, 0.5) is 0 Å². The Morgan fingerprint density at radius 3 is 1.11 bits per heavy atom. The summed E-state index contributed by atoms with van der Waals surface area (Å²) in [5.41, 5.74) is 0. The maximum absolute atomic E-state index is 4.90. The van der Waals surface area contributed by atoms with E-state index in [1.807, 2.05) is 0 Å². The minimum Gasteiger partial charge on any atom is -0.121 e. The minimum atomic E-state index is -1.86. The van der Waals surface area contributed by atoms with Gasteiger partial charge < -0.3 is 0 Å². The van der Waals surface area contributed by atoms with E-state index in [4.69, 9.17) is 23.6 Å². The van der Waals surface area contributed by atoms with Gasteiger partial charge in [0, 0.05) is 0 Å². The molecule has 0 aliphatic rings. The Morgan fingerprint density at radius 1 is 0.889 bits per heavy atom. The SMILES string of the molecule is S=P(S)(S)SP(=S)(S)S. The van der Waals surface area contributed by atoms with Crippen LogP contribution in [-0.2, 0) is 23.6 Å². The van der Waals surface area contributed by atoms with Gasteiger partial charge in [-0.3, -0.25) is 0 Å². The highest BCUT2D eigenvalue weighted by Gasteiger charge is 2.14. The summed E-state index contributed by atoms with van der Waals surface area (Å²) < 4.78 is -3.71. The third-order valence-electron chi connectivity index (χ3n) is 0.213. The zero-order valence-electron chi connectivity index (χ0n) is 3.91. The van der Waals surface area contributed by atoms with Crippen molar-refractivity contribution in [3.8, 4) is 0 Å². The molecule has 0 aliphatic heterocycles. The van der Waals surface area contributed by atoms with Crippen molar-refractivity contribution < 1.29 is 0 Å².